The minimum atomic E-state index is -0.230. The van der Waals surface area contributed by atoms with Crippen LogP contribution < -0.4 is 14.8 Å². The number of ether oxygens (including phenoxy) is 2. The summed E-state index contributed by atoms with van der Waals surface area (Å²) in [4.78, 5) is 16.9. The average Bonchev–Trinajstić information content (AvgIpc) is 3.11. The SMILES string of the molecule is COc1cc(Cl)c(NC(=O)Cc2csc(-c3cccc(Cl)c3)n2)cc1OC. The lowest BCUT2D eigenvalue weighted by molar-refractivity contribution is -0.115. The van der Waals surface area contributed by atoms with Crippen LogP contribution >= 0.6 is 34.5 Å². The van der Waals surface area contributed by atoms with Gasteiger partial charge < -0.3 is 14.8 Å². The molecule has 0 bridgehead atoms. The molecule has 3 rings (SSSR count). The van der Waals surface area contributed by atoms with Gasteiger partial charge in [-0.1, -0.05) is 35.3 Å². The first kappa shape index (κ1) is 19.5. The fraction of sp³-hybridized carbons (Fsp3) is 0.158. The summed E-state index contributed by atoms with van der Waals surface area (Å²) in [5.74, 6) is 0.743. The number of hydrogen-bond acceptors (Lipinski definition) is 5. The largest absolute Gasteiger partial charge is 0.493 e. The van der Waals surface area contributed by atoms with Crippen molar-refractivity contribution < 1.29 is 14.3 Å². The number of nitrogens with zero attached hydrogens (tertiary/aromatic N) is 1. The third kappa shape index (κ3) is 4.71. The molecule has 0 atom stereocenters. The monoisotopic (exact) mass is 422 g/mol. The number of benzene rings is 2. The summed E-state index contributed by atoms with van der Waals surface area (Å²) in [6.07, 6.45) is 0.127. The lowest BCUT2D eigenvalue weighted by atomic mass is 10.2. The third-order valence-corrected chi connectivity index (χ3v) is 5.20. The highest BCUT2D eigenvalue weighted by molar-refractivity contribution is 7.13. The standard InChI is InChI=1S/C19H16Cl2N2O3S/c1-25-16-8-14(21)15(9-17(16)26-2)23-18(24)7-13-10-27-19(22-13)11-4-3-5-12(20)6-11/h3-6,8-10H,7H2,1-2H3,(H,23,24). The molecule has 27 heavy (non-hydrogen) atoms. The number of thiazole rings is 1. The van der Waals surface area contributed by atoms with Gasteiger partial charge in [0.2, 0.25) is 5.91 Å². The molecule has 0 fully saturated rings. The molecule has 0 radical (unpaired) electrons. The molecule has 0 aliphatic rings. The zero-order chi connectivity index (χ0) is 19.4. The Morgan fingerprint density at radius 3 is 2.59 bits per heavy atom. The van der Waals surface area contributed by atoms with Crippen LogP contribution in [-0.2, 0) is 11.2 Å². The van der Waals surface area contributed by atoms with E-state index in [9.17, 15) is 4.79 Å². The van der Waals surface area contributed by atoms with Crippen LogP contribution in [0.3, 0.4) is 0 Å². The smallest absolute Gasteiger partial charge is 0.230 e. The molecule has 1 heterocycles. The number of nitrogens with one attached hydrogen (secondary N) is 1. The number of anilines is 1. The molecule has 0 aliphatic carbocycles. The van der Waals surface area contributed by atoms with Crippen LogP contribution in [0.25, 0.3) is 10.6 Å². The summed E-state index contributed by atoms with van der Waals surface area (Å²) < 4.78 is 10.4. The Morgan fingerprint density at radius 1 is 1.15 bits per heavy atom. The minimum absolute atomic E-state index is 0.127. The van der Waals surface area contributed by atoms with Crippen LogP contribution in [0.2, 0.25) is 10.0 Å². The lowest BCUT2D eigenvalue weighted by Gasteiger charge is -2.12. The summed E-state index contributed by atoms with van der Waals surface area (Å²) >= 11 is 13.7. The van der Waals surface area contributed by atoms with Crippen LogP contribution in [0.5, 0.6) is 11.5 Å². The van der Waals surface area contributed by atoms with Gasteiger partial charge in [0.05, 0.1) is 37.0 Å². The quantitative estimate of drug-likeness (QED) is 0.583. The van der Waals surface area contributed by atoms with Crippen molar-refractivity contribution in [3.05, 3.63) is 57.5 Å². The number of hydrogen-bond donors (Lipinski definition) is 1. The van der Waals surface area contributed by atoms with Gasteiger partial charge in [-0.05, 0) is 12.1 Å². The van der Waals surface area contributed by atoms with Crippen LogP contribution in [0.15, 0.2) is 41.8 Å². The maximum Gasteiger partial charge on any atom is 0.230 e. The molecular weight excluding hydrogens is 407 g/mol. The van der Waals surface area contributed by atoms with Crippen molar-refractivity contribution in [2.45, 2.75) is 6.42 Å². The summed E-state index contributed by atoms with van der Waals surface area (Å²) in [6, 6.07) is 10.7. The molecule has 1 amide bonds. The molecule has 140 valence electrons. The molecule has 5 nitrogen and oxygen atoms in total. The zero-order valence-corrected chi connectivity index (χ0v) is 16.9. The third-order valence-electron chi connectivity index (χ3n) is 3.71. The van der Waals surface area contributed by atoms with Crippen LogP contribution in [0.4, 0.5) is 5.69 Å². The first-order valence-corrected chi connectivity index (χ1v) is 9.55. The fourth-order valence-electron chi connectivity index (χ4n) is 2.45. The van der Waals surface area contributed by atoms with Crippen molar-refractivity contribution in [3.63, 3.8) is 0 Å². The molecule has 8 heteroatoms. The second-order valence-electron chi connectivity index (χ2n) is 5.57. The second kappa shape index (κ2) is 8.61. The van der Waals surface area contributed by atoms with E-state index in [0.29, 0.717) is 32.9 Å². The van der Waals surface area contributed by atoms with Crippen molar-refractivity contribution in [1.29, 1.82) is 0 Å². The predicted octanol–water partition coefficient (Wildman–Crippen LogP) is 5.32. The van der Waals surface area contributed by atoms with E-state index in [1.54, 1.807) is 18.2 Å². The first-order chi connectivity index (χ1) is 13.0. The van der Waals surface area contributed by atoms with Crippen molar-refractivity contribution in [2.75, 3.05) is 19.5 Å². The van der Waals surface area contributed by atoms with Crippen LogP contribution in [0.1, 0.15) is 5.69 Å². The highest BCUT2D eigenvalue weighted by Crippen LogP contribution is 2.36. The summed E-state index contributed by atoms with van der Waals surface area (Å²) in [6.45, 7) is 0. The number of carbonyl (C=O) groups excluding carboxylic acids is 1. The first-order valence-electron chi connectivity index (χ1n) is 7.92. The van der Waals surface area contributed by atoms with Crippen LogP contribution in [-0.4, -0.2) is 25.1 Å². The Labute approximate surface area is 170 Å². The van der Waals surface area contributed by atoms with Gasteiger partial charge >= 0.3 is 0 Å². The predicted molar refractivity (Wildman–Crippen MR) is 109 cm³/mol. The number of amides is 1. The second-order valence-corrected chi connectivity index (χ2v) is 7.27. The Morgan fingerprint density at radius 2 is 1.89 bits per heavy atom. The number of carbonyl (C=O) groups is 1. The van der Waals surface area contributed by atoms with Gasteiger partial charge in [0.25, 0.3) is 0 Å². The number of aromatic nitrogens is 1. The van der Waals surface area contributed by atoms with E-state index in [-0.39, 0.29) is 12.3 Å². The maximum absolute atomic E-state index is 12.4. The average molecular weight is 423 g/mol. The normalized spacial score (nSPS) is 10.5. The Kier molecular flexibility index (Phi) is 6.21. The molecule has 0 saturated carbocycles. The Bertz CT molecular complexity index is 975. The summed E-state index contributed by atoms with van der Waals surface area (Å²) in [5.41, 5.74) is 2.04. The topological polar surface area (TPSA) is 60.5 Å². The van der Waals surface area contributed by atoms with E-state index >= 15 is 0 Å². The van der Waals surface area contributed by atoms with E-state index in [1.807, 2.05) is 23.6 Å². The van der Waals surface area contributed by atoms with Gasteiger partial charge in [-0.3, -0.25) is 4.79 Å². The number of halogens is 2. The Balaban J connectivity index is 1.72. The molecule has 1 aromatic heterocycles. The van der Waals surface area contributed by atoms with Crippen molar-refractivity contribution in [3.8, 4) is 22.1 Å². The molecule has 0 spiro atoms. The molecule has 0 aliphatic heterocycles. The minimum Gasteiger partial charge on any atom is -0.493 e. The number of rotatable bonds is 6. The van der Waals surface area contributed by atoms with E-state index in [2.05, 4.69) is 10.3 Å². The van der Waals surface area contributed by atoms with E-state index in [1.165, 1.54) is 25.6 Å². The molecule has 2 aromatic carbocycles. The summed E-state index contributed by atoms with van der Waals surface area (Å²) in [7, 11) is 3.04. The molecule has 1 N–H and O–H groups in total. The highest BCUT2D eigenvalue weighted by Gasteiger charge is 2.14. The van der Waals surface area contributed by atoms with E-state index < -0.39 is 0 Å². The van der Waals surface area contributed by atoms with Gasteiger partial charge in [-0.15, -0.1) is 11.3 Å². The highest BCUT2D eigenvalue weighted by atomic mass is 35.5. The van der Waals surface area contributed by atoms with E-state index in [4.69, 9.17) is 32.7 Å². The van der Waals surface area contributed by atoms with Crippen molar-refractivity contribution >= 4 is 46.1 Å². The molecule has 0 saturated heterocycles. The fourth-order valence-corrected chi connectivity index (χ4v) is 3.66. The molecule has 3 aromatic rings. The van der Waals surface area contributed by atoms with Crippen LogP contribution in [0, 0.1) is 0 Å². The van der Waals surface area contributed by atoms with Gasteiger partial charge in [0.1, 0.15) is 5.01 Å². The van der Waals surface area contributed by atoms with Gasteiger partial charge in [-0.25, -0.2) is 4.98 Å². The lowest BCUT2D eigenvalue weighted by Crippen LogP contribution is -2.15. The maximum atomic E-state index is 12.4. The number of methoxy groups -OCH3 is 2. The van der Waals surface area contributed by atoms with Crippen molar-refractivity contribution in [2.24, 2.45) is 0 Å². The van der Waals surface area contributed by atoms with E-state index in [0.717, 1.165) is 10.6 Å². The molecule has 0 unspecified atom stereocenters. The van der Waals surface area contributed by atoms with Crippen molar-refractivity contribution in [1.82, 2.24) is 4.98 Å². The van der Waals surface area contributed by atoms with Gasteiger partial charge in [-0.2, -0.15) is 0 Å². The summed E-state index contributed by atoms with van der Waals surface area (Å²) in [5, 5.41) is 6.45. The van der Waals surface area contributed by atoms with Gasteiger partial charge in [0.15, 0.2) is 11.5 Å². The zero-order valence-electron chi connectivity index (χ0n) is 14.6. The van der Waals surface area contributed by atoms with Gasteiger partial charge in [0, 0.05) is 28.1 Å². The Hall–Kier alpha value is -2.28. The molecular formula is C19H16Cl2N2O3S.